The zero-order valence-electron chi connectivity index (χ0n) is 21.0. The number of carbonyl (C=O) groups is 1. The Balaban J connectivity index is 1.37. The number of nitro benzene ring substituents is 1. The van der Waals surface area contributed by atoms with Crippen molar-refractivity contribution in [1.82, 2.24) is 9.47 Å². The lowest BCUT2D eigenvalue weighted by molar-refractivity contribution is -0.384. The van der Waals surface area contributed by atoms with Gasteiger partial charge in [-0.25, -0.2) is 0 Å². The van der Waals surface area contributed by atoms with Crippen molar-refractivity contribution < 1.29 is 14.5 Å². The van der Waals surface area contributed by atoms with E-state index in [1.54, 1.807) is 19.2 Å². The lowest BCUT2D eigenvalue weighted by Gasteiger charge is -2.36. The summed E-state index contributed by atoms with van der Waals surface area (Å²) in [5, 5.41) is 12.1. The summed E-state index contributed by atoms with van der Waals surface area (Å²) in [5.74, 6) is 0.728. The number of non-ortho nitro benzene ring substituents is 1. The number of nitrogens with zero attached hydrogens (tertiary/aromatic N) is 4. The number of fused-ring (bicyclic) bond motifs is 1. The topological polar surface area (TPSA) is 80.8 Å². The van der Waals surface area contributed by atoms with Gasteiger partial charge in [0.05, 0.1) is 12.0 Å². The Kier molecular flexibility index (Phi) is 6.81. The van der Waals surface area contributed by atoms with Crippen LogP contribution in [0.3, 0.4) is 0 Å². The standard InChI is InChI=1S/C29H30N4O4/c1-30-20-26(23-7-3-5-9-27(23)30)25(24-8-4-6-10-28(24)37-2)19-29(34)32-17-15-31(16-18-32)21-11-13-22(14-12-21)33(35)36/h3-14,20,25H,15-19H2,1-2H3/t25-/m0/s1. The highest BCUT2D eigenvalue weighted by molar-refractivity contribution is 5.87. The van der Waals surface area contributed by atoms with E-state index in [9.17, 15) is 14.9 Å². The molecule has 0 saturated carbocycles. The molecule has 37 heavy (non-hydrogen) atoms. The van der Waals surface area contributed by atoms with Crippen LogP contribution in [0.1, 0.15) is 23.5 Å². The van der Waals surface area contributed by atoms with Crippen molar-refractivity contribution >= 4 is 28.2 Å². The summed E-state index contributed by atoms with van der Waals surface area (Å²) in [6, 6.07) is 22.8. The number of aromatic nitrogens is 1. The summed E-state index contributed by atoms with van der Waals surface area (Å²) in [7, 11) is 3.70. The number of rotatable bonds is 7. The minimum Gasteiger partial charge on any atom is -0.496 e. The first-order chi connectivity index (χ1) is 18.0. The van der Waals surface area contributed by atoms with Crippen LogP contribution in [0.2, 0.25) is 0 Å². The number of amides is 1. The molecule has 0 unspecified atom stereocenters. The first kappa shape index (κ1) is 24.4. The molecule has 5 rings (SSSR count). The van der Waals surface area contributed by atoms with E-state index in [1.165, 1.54) is 12.1 Å². The number of ether oxygens (including phenoxy) is 1. The second kappa shape index (κ2) is 10.3. The van der Waals surface area contributed by atoms with Crippen LogP contribution < -0.4 is 9.64 Å². The maximum absolute atomic E-state index is 13.6. The lowest BCUT2D eigenvalue weighted by atomic mass is 9.87. The molecule has 3 aromatic carbocycles. The summed E-state index contributed by atoms with van der Waals surface area (Å²) in [6.45, 7) is 2.56. The van der Waals surface area contributed by atoms with Crippen molar-refractivity contribution in [1.29, 1.82) is 0 Å². The van der Waals surface area contributed by atoms with Crippen LogP contribution in [0, 0.1) is 10.1 Å². The molecular formula is C29H30N4O4. The molecule has 1 aliphatic heterocycles. The van der Waals surface area contributed by atoms with Crippen molar-refractivity contribution in [3.05, 3.63) is 100 Å². The second-order valence-corrected chi connectivity index (χ2v) is 9.35. The van der Waals surface area contributed by atoms with Gasteiger partial charge in [-0.05, 0) is 29.8 Å². The van der Waals surface area contributed by atoms with E-state index in [2.05, 4.69) is 27.8 Å². The van der Waals surface area contributed by atoms with Crippen LogP contribution in [-0.2, 0) is 11.8 Å². The second-order valence-electron chi connectivity index (χ2n) is 9.35. The van der Waals surface area contributed by atoms with Gasteiger partial charge in [0.2, 0.25) is 5.91 Å². The van der Waals surface area contributed by atoms with Crippen LogP contribution in [0.25, 0.3) is 10.9 Å². The Morgan fingerprint density at radius 1 is 0.946 bits per heavy atom. The van der Waals surface area contributed by atoms with E-state index < -0.39 is 4.92 Å². The molecule has 2 heterocycles. The maximum Gasteiger partial charge on any atom is 0.269 e. The van der Waals surface area contributed by atoms with E-state index in [0.717, 1.165) is 33.5 Å². The van der Waals surface area contributed by atoms with Crippen molar-refractivity contribution in [3.8, 4) is 5.75 Å². The predicted molar refractivity (Wildman–Crippen MR) is 144 cm³/mol. The first-order valence-electron chi connectivity index (χ1n) is 12.4. The Morgan fingerprint density at radius 3 is 2.32 bits per heavy atom. The molecular weight excluding hydrogens is 468 g/mol. The van der Waals surface area contributed by atoms with Gasteiger partial charge in [0.25, 0.3) is 5.69 Å². The number of aryl methyl sites for hydroxylation is 1. The smallest absolute Gasteiger partial charge is 0.269 e. The molecule has 0 radical (unpaired) electrons. The number of hydrogen-bond donors (Lipinski definition) is 0. The fourth-order valence-corrected chi connectivity index (χ4v) is 5.30. The van der Waals surface area contributed by atoms with E-state index in [1.807, 2.05) is 48.3 Å². The van der Waals surface area contributed by atoms with Crippen LogP contribution in [0.4, 0.5) is 11.4 Å². The highest BCUT2D eigenvalue weighted by Gasteiger charge is 2.29. The van der Waals surface area contributed by atoms with Crippen molar-refractivity contribution in [3.63, 3.8) is 0 Å². The zero-order chi connectivity index (χ0) is 25.9. The zero-order valence-corrected chi connectivity index (χ0v) is 21.0. The van der Waals surface area contributed by atoms with Crippen LogP contribution >= 0.6 is 0 Å². The maximum atomic E-state index is 13.6. The largest absolute Gasteiger partial charge is 0.496 e. The van der Waals surface area contributed by atoms with Crippen molar-refractivity contribution in [2.45, 2.75) is 12.3 Å². The molecule has 0 N–H and O–H groups in total. The molecule has 1 aliphatic rings. The van der Waals surface area contributed by atoms with E-state index in [-0.39, 0.29) is 17.5 Å². The number of anilines is 1. The van der Waals surface area contributed by atoms with Crippen LogP contribution in [-0.4, -0.2) is 53.6 Å². The third-order valence-electron chi connectivity index (χ3n) is 7.25. The Hall–Kier alpha value is -4.33. The number of nitro groups is 1. The molecule has 0 aliphatic carbocycles. The van der Waals surface area contributed by atoms with Gasteiger partial charge in [0, 0.05) is 86.0 Å². The van der Waals surface area contributed by atoms with Crippen LogP contribution in [0.15, 0.2) is 79.0 Å². The van der Waals surface area contributed by atoms with Gasteiger partial charge in [0.15, 0.2) is 0 Å². The average molecular weight is 499 g/mol. The molecule has 0 bridgehead atoms. The molecule has 0 spiro atoms. The normalized spacial score (nSPS) is 14.5. The number of benzene rings is 3. The first-order valence-corrected chi connectivity index (χ1v) is 12.4. The number of piperazine rings is 1. The number of methoxy groups -OCH3 is 1. The van der Waals surface area contributed by atoms with Gasteiger partial charge in [-0.15, -0.1) is 0 Å². The Bertz CT molecular complexity index is 1420. The van der Waals surface area contributed by atoms with Crippen molar-refractivity contribution in [2.24, 2.45) is 7.05 Å². The third kappa shape index (κ3) is 4.87. The van der Waals surface area contributed by atoms with Gasteiger partial charge in [0.1, 0.15) is 5.75 Å². The van der Waals surface area contributed by atoms with Gasteiger partial charge in [-0.2, -0.15) is 0 Å². The van der Waals surface area contributed by atoms with Gasteiger partial charge in [-0.3, -0.25) is 14.9 Å². The number of para-hydroxylation sites is 2. The molecule has 1 fully saturated rings. The van der Waals surface area contributed by atoms with E-state index >= 15 is 0 Å². The molecule has 8 nitrogen and oxygen atoms in total. The number of hydrogen-bond acceptors (Lipinski definition) is 5. The van der Waals surface area contributed by atoms with Gasteiger partial charge < -0.3 is 19.1 Å². The molecule has 4 aromatic rings. The molecule has 1 aromatic heterocycles. The monoisotopic (exact) mass is 498 g/mol. The lowest BCUT2D eigenvalue weighted by Crippen LogP contribution is -2.49. The van der Waals surface area contributed by atoms with Crippen molar-refractivity contribution in [2.75, 3.05) is 38.2 Å². The average Bonchev–Trinajstić information content (AvgIpc) is 3.28. The summed E-state index contributed by atoms with van der Waals surface area (Å²) < 4.78 is 7.81. The summed E-state index contributed by atoms with van der Waals surface area (Å²) >= 11 is 0. The molecule has 190 valence electrons. The fourth-order valence-electron chi connectivity index (χ4n) is 5.30. The minimum atomic E-state index is -0.394. The molecule has 1 amide bonds. The number of carbonyl (C=O) groups excluding carboxylic acids is 1. The van der Waals surface area contributed by atoms with Gasteiger partial charge in [-0.1, -0.05) is 36.4 Å². The van der Waals surface area contributed by atoms with E-state index in [4.69, 9.17) is 4.74 Å². The summed E-state index contributed by atoms with van der Waals surface area (Å²) in [5.41, 5.74) is 4.25. The third-order valence-corrected chi connectivity index (χ3v) is 7.25. The summed E-state index contributed by atoms with van der Waals surface area (Å²) in [6.07, 6.45) is 2.47. The Morgan fingerprint density at radius 2 is 1.62 bits per heavy atom. The van der Waals surface area contributed by atoms with E-state index in [0.29, 0.717) is 32.6 Å². The Labute approximate surface area is 215 Å². The highest BCUT2D eigenvalue weighted by atomic mass is 16.6. The SMILES string of the molecule is COc1ccccc1[C@H](CC(=O)N1CCN(c2ccc([N+](=O)[O-])cc2)CC1)c1cn(C)c2ccccc12. The fraction of sp³-hybridized carbons (Fsp3) is 0.276. The van der Waals surface area contributed by atoms with Crippen LogP contribution in [0.5, 0.6) is 5.75 Å². The molecule has 8 heteroatoms. The quantitative estimate of drug-likeness (QED) is 0.266. The highest BCUT2D eigenvalue weighted by Crippen LogP contribution is 2.39. The predicted octanol–water partition coefficient (Wildman–Crippen LogP) is 4.97. The molecule has 1 saturated heterocycles. The summed E-state index contributed by atoms with van der Waals surface area (Å²) in [4.78, 5) is 28.3. The van der Waals surface area contributed by atoms with Gasteiger partial charge >= 0.3 is 0 Å². The minimum absolute atomic E-state index is 0.0772. The molecule has 1 atom stereocenters.